The summed E-state index contributed by atoms with van der Waals surface area (Å²) in [6, 6.07) is 12.4. The Kier molecular flexibility index (Phi) is 4.27. The number of nitrogens with zero attached hydrogens (tertiary/aromatic N) is 2. The second-order valence-electron chi connectivity index (χ2n) is 6.37. The molecule has 0 radical (unpaired) electrons. The first-order valence-corrected chi connectivity index (χ1v) is 8.43. The van der Waals surface area contributed by atoms with Crippen LogP contribution in [0.4, 0.5) is 20.2 Å². The second kappa shape index (κ2) is 6.75. The summed E-state index contributed by atoms with van der Waals surface area (Å²) in [4.78, 5) is 30.5. The molecule has 1 aliphatic rings. The van der Waals surface area contributed by atoms with E-state index in [2.05, 4.69) is 10.3 Å². The van der Waals surface area contributed by atoms with Crippen molar-refractivity contribution in [3.63, 3.8) is 0 Å². The van der Waals surface area contributed by atoms with Gasteiger partial charge in [0.2, 0.25) is 11.8 Å². The van der Waals surface area contributed by atoms with Crippen molar-refractivity contribution in [2.45, 2.75) is 6.42 Å². The fourth-order valence-electron chi connectivity index (χ4n) is 3.23. The Balaban J connectivity index is 1.53. The summed E-state index contributed by atoms with van der Waals surface area (Å²) in [5.74, 6) is -3.23. The number of anilines is 2. The third kappa shape index (κ3) is 3.23. The molecule has 0 bridgehead atoms. The lowest BCUT2D eigenvalue weighted by atomic mass is 10.1. The van der Waals surface area contributed by atoms with Gasteiger partial charge in [0.15, 0.2) is 11.6 Å². The number of pyridine rings is 1. The molecule has 0 aliphatic carbocycles. The maximum absolute atomic E-state index is 13.5. The van der Waals surface area contributed by atoms with Crippen LogP contribution in [0, 0.1) is 17.6 Å². The highest BCUT2D eigenvalue weighted by molar-refractivity contribution is 6.06. The van der Waals surface area contributed by atoms with Gasteiger partial charge in [0.25, 0.3) is 0 Å². The number of halogens is 2. The molecule has 136 valence electrons. The van der Waals surface area contributed by atoms with Crippen LogP contribution in [0.1, 0.15) is 6.42 Å². The zero-order valence-corrected chi connectivity index (χ0v) is 14.2. The fraction of sp³-hybridized carbons (Fsp3) is 0.150. The first kappa shape index (κ1) is 17.1. The Labute approximate surface area is 153 Å². The minimum Gasteiger partial charge on any atom is -0.324 e. The summed E-state index contributed by atoms with van der Waals surface area (Å²) >= 11 is 0. The molecule has 1 atom stereocenters. The second-order valence-corrected chi connectivity index (χ2v) is 6.37. The van der Waals surface area contributed by atoms with E-state index < -0.39 is 17.6 Å². The molecule has 0 saturated carbocycles. The lowest BCUT2D eigenvalue weighted by molar-refractivity contribution is -0.122. The van der Waals surface area contributed by atoms with Gasteiger partial charge in [-0.3, -0.25) is 14.6 Å². The van der Waals surface area contributed by atoms with E-state index in [0.717, 1.165) is 17.5 Å². The Bertz CT molecular complexity index is 1050. The van der Waals surface area contributed by atoms with Crippen LogP contribution in [0.25, 0.3) is 10.9 Å². The number of benzene rings is 2. The Morgan fingerprint density at radius 3 is 2.74 bits per heavy atom. The third-order valence-corrected chi connectivity index (χ3v) is 4.60. The molecule has 2 heterocycles. The van der Waals surface area contributed by atoms with Crippen LogP contribution in [0.15, 0.2) is 54.7 Å². The molecule has 2 aromatic carbocycles. The lowest BCUT2D eigenvalue weighted by Gasteiger charge is -2.17. The maximum atomic E-state index is 13.5. The quantitative estimate of drug-likeness (QED) is 0.771. The van der Waals surface area contributed by atoms with Gasteiger partial charge in [0.05, 0.1) is 17.1 Å². The van der Waals surface area contributed by atoms with Crippen molar-refractivity contribution < 1.29 is 18.4 Å². The number of carbonyl (C=O) groups excluding carboxylic acids is 2. The van der Waals surface area contributed by atoms with E-state index in [1.807, 2.05) is 24.3 Å². The van der Waals surface area contributed by atoms with Gasteiger partial charge in [-0.1, -0.05) is 18.2 Å². The minimum atomic E-state index is -1.03. The molecule has 1 unspecified atom stereocenters. The van der Waals surface area contributed by atoms with Gasteiger partial charge in [-0.05, 0) is 24.3 Å². The first-order valence-electron chi connectivity index (χ1n) is 8.43. The predicted octanol–water partition coefficient (Wildman–Crippen LogP) is 3.50. The highest BCUT2D eigenvalue weighted by Gasteiger charge is 2.35. The molecule has 1 N–H and O–H groups in total. The summed E-state index contributed by atoms with van der Waals surface area (Å²) in [7, 11) is 0. The predicted molar refractivity (Wildman–Crippen MR) is 97.2 cm³/mol. The van der Waals surface area contributed by atoms with E-state index in [4.69, 9.17) is 0 Å². The van der Waals surface area contributed by atoms with Crippen LogP contribution in [0.3, 0.4) is 0 Å². The van der Waals surface area contributed by atoms with Crippen LogP contribution >= 0.6 is 0 Å². The summed E-state index contributed by atoms with van der Waals surface area (Å²) < 4.78 is 26.6. The van der Waals surface area contributed by atoms with Gasteiger partial charge in [0.1, 0.15) is 0 Å². The highest BCUT2D eigenvalue weighted by Crippen LogP contribution is 2.28. The molecule has 0 spiro atoms. The van der Waals surface area contributed by atoms with E-state index >= 15 is 0 Å². The van der Waals surface area contributed by atoms with Crippen molar-refractivity contribution in [2.24, 2.45) is 5.92 Å². The standard InChI is InChI=1S/C20H15F2N3O2/c21-15-7-6-14(10-16(15)22)25-11-13(9-18(25)26)20(27)24-17-5-1-3-12-4-2-8-23-19(12)17/h1-8,10,13H,9,11H2,(H,24,27). The average molecular weight is 367 g/mol. The number of amides is 2. The molecule has 5 nitrogen and oxygen atoms in total. The van der Waals surface area contributed by atoms with E-state index in [1.54, 1.807) is 12.3 Å². The molecule has 1 aromatic heterocycles. The fourth-order valence-corrected chi connectivity index (χ4v) is 3.23. The van der Waals surface area contributed by atoms with Crippen molar-refractivity contribution in [3.05, 3.63) is 66.4 Å². The molecule has 1 fully saturated rings. The third-order valence-electron chi connectivity index (χ3n) is 4.60. The molecule has 1 saturated heterocycles. The number of fused-ring (bicyclic) bond motifs is 1. The van der Waals surface area contributed by atoms with E-state index in [-0.39, 0.29) is 30.5 Å². The van der Waals surface area contributed by atoms with Crippen LogP contribution in [-0.4, -0.2) is 23.3 Å². The first-order chi connectivity index (χ1) is 13.0. The average Bonchev–Trinajstić information content (AvgIpc) is 3.06. The summed E-state index contributed by atoms with van der Waals surface area (Å²) in [5.41, 5.74) is 1.47. The number of carbonyl (C=O) groups is 2. The normalized spacial score (nSPS) is 16.7. The summed E-state index contributed by atoms with van der Waals surface area (Å²) in [6.45, 7) is 0.105. The zero-order chi connectivity index (χ0) is 19.0. The SMILES string of the molecule is O=C(Nc1cccc2cccnc12)C1CC(=O)N(c2ccc(F)c(F)c2)C1. The largest absolute Gasteiger partial charge is 0.324 e. The number of rotatable bonds is 3. The molecule has 7 heteroatoms. The molecule has 3 aromatic rings. The summed E-state index contributed by atoms with van der Waals surface area (Å²) in [5, 5.41) is 3.72. The van der Waals surface area contributed by atoms with Crippen molar-refractivity contribution >= 4 is 34.1 Å². The van der Waals surface area contributed by atoms with Crippen LogP contribution in [0.5, 0.6) is 0 Å². The van der Waals surface area contributed by atoms with E-state index in [9.17, 15) is 18.4 Å². The highest BCUT2D eigenvalue weighted by atomic mass is 19.2. The lowest BCUT2D eigenvalue weighted by Crippen LogP contribution is -2.28. The molecule has 4 rings (SSSR count). The van der Waals surface area contributed by atoms with Crippen molar-refractivity contribution in [1.82, 2.24) is 4.98 Å². The van der Waals surface area contributed by atoms with Gasteiger partial charge < -0.3 is 10.2 Å². The van der Waals surface area contributed by atoms with Crippen molar-refractivity contribution in [2.75, 3.05) is 16.8 Å². The van der Waals surface area contributed by atoms with Crippen LogP contribution in [-0.2, 0) is 9.59 Å². The van der Waals surface area contributed by atoms with Crippen molar-refractivity contribution in [1.29, 1.82) is 0 Å². The molecule has 2 amide bonds. The smallest absolute Gasteiger partial charge is 0.229 e. The number of nitrogens with one attached hydrogen (secondary N) is 1. The Morgan fingerprint density at radius 1 is 1.11 bits per heavy atom. The summed E-state index contributed by atoms with van der Waals surface area (Å²) in [6.07, 6.45) is 1.64. The van der Waals surface area contributed by atoms with Gasteiger partial charge in [-0.15, -0.1) is 0 Å². The van der Waals surface area contributed by atoms with Crippen LogP contribution in [0.2, 0.25) is 0 Å². The molecular formula is C20H15F2N3O2. The Hall–Kier alpha value is -3.35. The van der Waals surface area contributed by atoms with E-state index in [0.29, 0.717) is 11.2 Å². The monoisotopic (exact) mass is 367 g/mol. The number of hydrogen-bond donors (Lipinski definition) is 1. The van der Waals surface area contributed by atoms with Crippen LogP contribution < -0.4 is 10.2 Å². The maximum Gasteiger partial charge on any atom is 0.229 e. The number of hydrogen-bond acceptors (Lipinski definition) is 3. The Morgan fingerprint density at radius 2 is 1.93 bits per heavy atom. The topological polar surface area (TPSA) is 62.3 Å². The van der Waals surface area contributed by atoms with Gasteiger partial charge >= 0.3 is 0 Å². The molecule has 27 heavy (non-hydrogen) atoms. The van der Waals surface area contributed by atoms with E-state index in [1.165, 1.54) is 11.0 Å². The zero-order valence-electron chi connectivity index (χ0n) is 14.2. The number of aromatic nitrogens is 1. The molecule has 1 aliphatic heterocycles. The van der Waals surface area contributed by atoms with Gasteiger partial charge in [-0.25, -0.2) is 8.78 Å². The minimum absolute atomic E-state index is 0.00300. The van der Waals surface area contributed by atoms with Gasteiger partial charge in [-0.2, -0.15) is 0 Å². The number of para-hydroxylation sites is 1. The van der Waals surface area contributed by atoms with Crippen molar-refractivity contribution in [3.8, 4) is 0 Å². The van der Waals surface area contributed by atoms with Gasteiger partial charge in [0, 0.05) is 36.3 Å². The molecular weight excluding hydrogens is 352 g/mol.